The van der Waals surface area contributed by atoms with Crippen molar-refractivity contribution in [1.82, 2.24) is 4.98 Å². The molecule has 0 amide bonds. The number of anilines is 1. The highest BCUT2D eigenvalue weighted by Crippen LogP contribution is 2.23. The van der Waals surface area contributed by atoms with Crippen LogP contribution in [0.25, 0.3) is 0 Å². The molecule has 1 fully saturated rings. The number of ether oxygens (including phenoxy) is 1. The van der Waals surface area contributed by atoms with E-state index in [-0.39, 0.29) is 5.82 Å². The number of hydrogen-bond donors (Lipinski definition) is 1. The smallest absolute Gasteiger partial charge is 0.141 e. The van der Waals surface area contributed by atoms with E-state index in [4.69, 9.17) is 4.74 Å². The number of halogens is 1. The van der Waals surface area contributed by atoms with Crippen LogP contribution in [0.4, 0.5) is 10.2 Å². The van der Waals surface area contributed by atoms with E-state index >= 15 is 0 Å². The molecule has 1 aromatic rings. The lowest BCUT2D eigenvalue weighted by Crippen LogP contribution is -2.23. The Bertz CT molecular complexity index is 328. The van der Waals surface area contributed by atoms with Gasteiger partial charge in [-0.1, -0.05) is 6.92 Å². The maximum absolute atomic E-state index is 12.6. The van der Waals surface area contributed by atoms with Crippen LogP contribution in [0.3, 0.4) is 0 Å². The Morgan fingerprint density at radius 2 is 2.44 bits per heavy atom. The Kier molecular flexibility index (Phi) is 3.72. The first-order valence-electron chi connectivity index (χ1n) is 5.76. The zero-order valence-corrected chi connectivity index (χ0v) is 9.45. The van der Waals surface area contributed by atoms with Gasteiger partial charge in [-0.3, -0.25) is 0 Å². The highest BCUT2D eigenvalue weighted by molar-refractivity contribution is 5.33. The lowest BCUT2D eigenvalue weighted by Gasteiger charge is -2.17. The van der Waals surface area contributed by atoms with Crippen LogP contribution >= 0.6 is 0 Å². The minimum atomic E-state index is -0.304. The molecule has 1 aliphatic heterocycles. The fraction of sp³-hybridized carbons (Fsp3) is 0.583. The second-order valence-corrected chi connectivity index (χ2v) is 4.11. The van der Waals surface area contributed by atoms with Crippen molar-refractivity contribution in [3.05, 3.63) is 24.1 Å². The highest BCUT2D eigenvalue weighted by atomic mass is 19.1. The van der Waals surface area contributed by atoms with Crippen molar-refractivity contribution in [2.75, 3.05) is 18.5 Å². The van der Waals surface area contributed by atoms with Crippen LogP contribution in [0.15, 0.2) is 18.3 Å². The zero-order valence-electron chi connectivity index (χ0n) is 9.45. The molecule has 4 heteroatoms. The van der Waals surface area contributed by atoms with Gasteiger partial charge in [-0.25, -0.2) is 9.37 Å². The molecule has 2 atom stereocenters. The molecule has 1 aliphatic rings. The fourth-order valence-electron chi connectivity index (χ4n) is 2.09. The van der Waals surface area contributed by atoms with E-state index < -0.39 is 0 Å². The van der Waals surface area contributed by atoms with E-state index in [0.717, 1.165) is 31.8 Å². The van der Waals surface area contributed by atoms with Gasteiger partial charge in [0.15, 0.2) is 0 Å². The quantitative estimate of drug-likeness (QED) is 0.853. The molecule has 0 aliphatic carbocycles. The van der Waals surface area contributed by atoms with Crippen LogP contribution in [-0.4, -0.2) is 24.2 Å². The molecular formula is C12H17FN2O. The van der Waals surface area contributed by atoms with E-state index in [1.165, 1.54) is 12.3 Å². The summed E-state index contributed by atoms with van der Waals surface area (Å²) in [5, 5.41) is 3.22. The summed E-state index contributed by atoms with van der Waals surface area (Å²) in [4.78, 5) is 3.96. The predicted octanol–water partition coefficient (Wildman–Crippen LogP) is 2.45. The maximum Gasteiger partial charge on any atom is 0.141 e. The van der Waals surface area contributed by atoms with Gasteiger partial charge in [0.25, 0.3) is 0 Å². The summed E-state index contributed by atoms with van der Waals surface area (Å²) >= 11 is 0. The van der Waals surface area contributed by atoms with Crippen molar-refractivity contribution in [2.45, 2.75) is 25.9 Å². The van der Waals surface area contributed by atoms with Crippen LogP contribution in [0.2, 0.25) is 0 Å². The number of nitrogens with one attached hydrogen (secondary N) is 1. The lowest BCUT2D eigenvalue weighted by atomic mass is 10.00. The molecule has 0 radical (unpaired) electrons. The zero-order chi connectivity index (χ0) is 11.4. The number of aromatic nitrogens is 1. The number of rotatable bonds is 4. The lowest BCUT2D eigenvalue weighted by molar-refractivity contribution is 0.0900. The molecule has 0 aromatic carbocycles. The minimum Gasteiger partial charge on any atom is -0.378 e. The molecule has 3 nitrogen and oxygen atoms in total. The standard InChI is InChI=1S/C12H17FN2O/c1-2-11-9(5-6-16-11)7-14-12-4-3-10(13)8-15-12/h3-4,8-9,11H,2,5-7H2,1H3,(H,14,15). The first-order valence-corrected chi connectivity index (χ1v) is 5.76. The van der Waals surface area contributed by atoms with Gasteiger partial charge < -0.3 is 10.1 Å². The monoisotopic (exact) mass is 224 g/mol. The van der Waals surface area contributed by atoms with Gasteiger partial charge in [-0.05, 0) is 25.0 Å². The second-order valence-electron chi connectivity index (χ2n) is 4.11. The van der Waals surface area contributed by atoms with Crippen molar-refractivity contribution >= 4 is 5.82 Å². The SMILES string of the molecule is CCC1OCCC1CNc1ccc(F)cn1. The van der Waals surface area contributed by atoms with E-state index in [0.29, 0.717) is 12.0 Å². The third-order valence-electron chi connectivity index (χ3n) is 3.02. The second kappa shape index (κ2) is 5.25. The van der Waals surface area contributed by atoms with Crippen LogP contribution in [0.5, 0.6) is 0 Å². The van der Waals surface area contributed by atoms with Crippen LogP contribution in [-0.2, 0) is 4.74 Å². The van der Waals surface area contributed by atoms with Gasteiger partial charge in [0.2, 0.25) is 0 Å². The van der Waals surface area contributed by atoms with Crippen molar-refractivity contribution in [1.29, 1.82) is 0 Å². The molecule has 1 saturated heterocycles. The topological polar surface area (TPSA) is 34.1 Å². The Hall–Kier alpha value is -1.16. The average Bonchev–Trinajstić information content (AvgIpc) is 2.76. The van der Waals surface area contributed by atoms with Crippen molar-refractivity contribution < 1.29 is 9.13 Å². The highest BCUT2D eigenvalue weighted by Gasteiger charge is 2.26. The van der Waals surface area contributed by atoms with Crippen LogP contribution in [0.1, 0.15) is 19.8 Å². The molecule has 2 unspecified atom stereocenters. The summed E-state index contributed by atoms with van der Waals surface area (Å²) in [6.07, 6.45) is 3.72. The Balaban J connectivity index is 1.85. The minimum absolute atomic E-state index is 0.304. The Morgan fingerprint density at radius 3 is 3.12 bits per heavy atom. The molecule has 0 bridgehead atoms. The van der Waals surface area contributed by atoms with Crippen LogP contribution < -0.4 is 5.32 Å². The third-order valence-corrected chi connectivity index (χ3v) is 3.02. The largest absolute Gasteiger partial charge is 0.378 e. The molecule has 2 heterocycles. The van der Waals surface area contributed by atoms with Crippen LogP contribution in [0, 0.1) is 11.7 Å². The van der Waals surface area contributed by atoms with E-state index in [1.807, 2.05) is 0 Å². The third kappa shape index (κ3) is 2.70. The normalized spacial score (nSPS) is 24.6. The molecule has 2 rings (SSSR count). The Morgan fingerprint density at radius 1 is 1.56 bits per heavy atom. The van der Waals surface area contributed by atoms with E-state index in [2.05, 4.69) is 17.2 Å². The molecule has 0 saturated carbocycles. The van der Waals surface area contributed by atoms with Gasteiger partial charge in [0, 0.05) is 19.1 Å². The van der Waals surface area contributed by atoms with Gasteiger partial charge in [0.1, 0.15) is 11.6 Å². The molecule has 16 heavy (non-hydrogen) atoms. The summed E-state index contributed by atoms with van der Waals surface area (Å²) in [5.74, 6) is 0.959. The van der Waals surface area contributed by atoms with Crippen molar-refractivity contribution in [2.24, 2.45) is 5.92 Å². The fourth-order valence-corrected chi connectivity index (χ4v) is 2.09. The molecular weight excluding hydrogens is 207 g/mol. The summed E-state index contributed by atoms with van der Waals surface area (Å²) in [6.45, 7) is 3.83. The van der Waals surface area contributed by atoms with E-state index in [9.17, 15) is 4.39 Å². The van der Waals surface area contributed by atoms with Gasteiger partial charge in [0.05, 0.1) is 12.3 Å². The molecule has 0 spiro atoms. The molecule has 1 N–H and O–H groups in total. The van der Waals surface area contributed by atoms with E-state index in [1.54, 1.807) is 6.07 Å². The van der Waals surface area contributed by atoms with Gasteiger partial charge in [-0.15, -0.1) is 0 Å². The van der Waals surface area contributed by atoms with Gasteiger partial charge in [-0.2, -0.15) is 0 Å². The number of nitrogens with zero attached hydrogens (tertiary/aromatic N) is 1. The van der Waals surface area contributed by atoms with Crippen molar-refractivity contribution in [3.63, 3.8) is 0 Å². The number of hydrogen-bond acceptors (Lipinski definition) is 3. The summed E-state index contributed by atoms with van der Waals surface area (Å²) < 4.78 is 18.2. The summed E-state index contributed by atoms with van der Waals surface area (Å²) in [7, 11) is 0. The van der Waals surface area contributed by atoms with Gasteiger partial charge >= 0.3 is 0 Å². The summed E-state index contributed by atoms with van der Waals surface area (Å²) in [6, 6.07) is 3.07. The first kappa shape index (κ1) is 11.3. The predicted molar refractivity (Wildman–Crippen MR) is 60.8 cm³/mol. The Labute approximate surface area is 95.0 Å². The number of pyridine rings is 1. The molecule has 1 aromatic heterocycles. The first-order chi connectivity index (χ1) is 7.79. The molecule has 88 valence electrons. The summed E-state index contributed by atoms with van der Waals surface area (Å²) in [5.41, 5.74) is 0. The van der Waals surface area contributed by atoms with Crippen molar-refractivity contribution in [3.8, 4) is 0 Å². The average molecular weight is 224 g/mol. The maximum atomic E-state index is 12.6.